The van der Waals surface area contributed by atoms with E-state index in [2.05, 4.69) is 41.1 Å². The number of amides is 2. The molecule has 0 radical (unpaired) electrons. The van der Waals surface area contributed by atoms with Crippen LogP contribution in [0.15, 0.2) is 12.2 Å². The van der Waals surface area contributed by atoms with E-state index in [9.17, 15) is 4.79 Å². The Morgan fingerprint density at radius 2 is 2.00 bits per heavy atom. The Bertz CT molecular complexity index is 614. The van der Waals surface area contributed by atoms with Gasteiger partial charge in [0.15, 0.2) is 0 Å². The quantitative estimate of drug-likeness (QED) is 0.776. The van der Waals surface area contributed by atoms with Gasteiger partial charge in [0.2, 0.25) is 0 Å². The van der Waals surface area contributed by atoms with Gasteiger partial charge in [0.05, 0.1) is 5.69 Å². The maximum Gasteiger partial charge on any atom is 0.315 e. The Morgan fingerprint density at radius 1 is 1.36 bits per heavy atom. The minimum absolute atomic E-state index is 0.0648. The first-order chi connectivity index (χ1) is 11.8. The van der Waals surface area contributed by atoms with Crippen LogP contribution < -0.4 is 10.6 Å². The van der Waals surface area contributed by atoms with Gasteiger partial charge in [-0.25, -0.2) is 4.79 Å². The summed E-state index contributed by atoms with van der Waals surface area (Å²) in [5, 5.41) is 10.6. The zero-order valence-electron chi connectivity index (χ0n) is 16.4. The molecular weight excluding hydrogens is 314 g/mol. The predicted molar refractivity (Wildman–Crippen MR) is 102 cm³/mol. The number of nitrogens with one attached hydrogen (secondary N) is 2. The van der Waals surface area contributed by atoms with E-state index in [4.69, 9.17) is 0 Å². The number of aryl methyl sites for hydroxylation is 2. The fourth-order valence-corrected chi connectivity index (χ4v) is 3.54. The zero-order chi connectivity index (χ0) is 18.6. The first kappa shape index (κ1) is 19.5. The van der Waals surface area contributed by atoms with Crippen molar-refractivity contribution in [3.8, 4) is 0 Å². The summed E-state index contributed by atoms with van der Waals surface area (Å²) in [6.07, 6.45) is 2.79. The summed E-state index contributed by atoms with van der Waals surface area (Å²) in [7, 11) is 1.96. The average molecular weight is 348 g/mol. The third-order valence-corrected chi connectivity index (χ3v) is 4.96. The van der Waals surface area contributed by atoms with E-state index in [1.807, 2.05) is 25.6 Å². The highest BCUT2D eigenvalue weighted by molar-refractivity contribution is 5.74. The van der Waals surface area contributed by atoms with Gasteiger partial charge in [-0.15, -0.1) is 0 Å². The molecule has 6 nitrogen and oxygen atoms in total. The molecule has 1 aromatic heterocycles. The van der Waals surface area contributed by atoms with Crippen LogP contribution in [0.5, 0.6) is 0 Å². The highest BCUT2D eigenvalue weighted by atomic mass is 16.2. The molecule has 1 fully saturated rings. The van der Waals surface area contributed by atoms with E-state index in [1.165, 1.54) is 11.1 Å². The third kappa shape index (κ3) is 5.59. The second kappa shape index (κ2) is 8.52. The molecule has 1 aliphatic rings. The maximum atomic E-state index is 12.3. The van der Waals surface area contributed by atoms with Crippen LogP contribution >= 0.6 is 0 Å². The number of likely N-dealkylation sites (tertiary alicyclic amines) is 1. The van der Waals surface area contributed by atoms with Crippen molar-refractivity contribution in [2.75, 3.05) is 19.6 Å². The van der Waals surface area contributed by atoms with E-state index in [1.54, 1.807) is 0 Å². The number of nitrogens with zero attached hydrogens (tertiary/aromatic N) is 3. The van der Waals surface area contributed by atoms with Crippen LogP contribution in [0.2, 0.25) is 0 Å². The van der Waals surface area contributed by atoms with Gasteiger partial charge in [-0.2, -0.15) is 5.10 Å². The first-order valence-electron chi connectivity index (χ1n) is 9.19. The SMILES string of the molecule is C=C(C)CN1CCC(NC(=O)NC(C)Cc2c(C)nn(C)c2C)CC1. The Balaban J connectivity index is 1.76. The van der Waals surface area contributed by atoms with E-state index in [-0.39, 0.29) is 18.1 Å². The minimum Gasteiger partial charge on any atom is -0.335 e. The van der Waals surface area contributed by atoms with Crippen LogP contribution in [0.3, 0.4) is 0 Å². The molecule has 0 aliphatic carbocycles. The molecule has 1 atom stereocenters. The smallest absolute Gasteiger partial charge is 0.315 e. The van der Waals surface area contributed by atoms with Crippen molar-refractivity contribution in [1.29, 1.82) is 0 Å². The Kier molecular flexibility index (Phi) is 6.64. The van der Waals surface area contributed by atoms with Crippen LogP contribution in [0.1, 0.15) is 43.6 Å². The van der Waals surface area contributed by atoms with Gasteiger partial charge in [0.1, 0.15) is 0 Å². The molecule has 25 heavy (non-hydrogen) atoms. The van der Waals surface area contributed by atoms with Crippen molar-refractivity contribution in [2.45, 2.75) is 59.0 Å². The molecule has 0 saturated carbocycles. The predicted octanol–water partition coefficient (Wildman–Crippen LogP) is 2.31. The fourth-order valence-electron chi connectivity index (χ4n) is 3.54. The van der Waals surface area contributed by atoms with Crippen LogP contribution in [-0.4, -0.2) is 52.4 Å². The summed E-state index contributed by atoms with van der Waals surface area (Å²) in [5.41, 5.74) is 4.62. The van der Waals surface area contributed by atoms with Crippen molar-refractivity contribution < 1.29 is 4.79 Å². The summed E-state index contributed by atoms with van der Waals surface area (Å²) in [4.78, 5) is 14.7. The van der Waals surface area contributed by atoms with Crippen molar-refractivity contribution >= 4 is 6.03 Å². The number of carbonyl (C=O) groups is 1. The summed E-state index contributed by atoms with van der Waals surface area (Å²) >= 11 is 0. The van der Waals surface area contributed by atoms with E-state index in [0.29, 0.717) is 0 Å². The zero-order valence-corrected chi connectivity index (χ0v) is 16.4. The lowest BCUT2D eigenvalue weighted by Gasteiger charge is -2.32. The van der Waals surface area contributed by atoms with E-state index >= 15 is 0 Å². The van der Waals surface area contributed by atoms with Crippen LogP contribution in [0.25, 0.3) is 0 Å². The fraction of sp³-hybridized carbons (Fsp3) is 0.684. The van der Waals surface area contributed by atoms with Gasteiger partial charge in [-0.1, -0.05) is 12.2 Å². The molecular formula is C19H33N5O. The highest BCUT2D eigenvalue weighted by Crippen LogP contribution is 2.14. The third-order valence-electron chi connectivity index (χ3n) is 4.96. The monoisotopic (exact) mass is 347 g/mol. The van der Waals surface area contributed by atoms with Gasteiger partial charge in [-0.05, 0) is 52.5 Å². The number of hydrogen-bond acceptors (Lipinski definition) is 3. The van der Waals surface area contributed by atoms with Crippen LogP contribution in [0, 0.1) is 13.8 Å². The standard InChI is InChI=1S/C19H33N5O/c1-13(2)12-24-9-7-17(8-10-24)21-19(25)20-14(3)11-18-15(4)22-23(6)16(18)5/h14,17H,1,7-12H2,2-6H3,(H2,20,21,25). The summed E-state index contributed by atoms with van der Waals surface area (Å²) in [6, 6.07) is 0.269. The molecule has 1 unspecified atom stereocenters. The molecule has 2 amide bonds. The Hall–Kier alpha value is -1.82. The lowest BCUT2D eigenvalue weighted by atomic mass is 10.0. The topological polar surface area (TPSA) is 62.2 Å². The Morgan fingerprint density at radius 3 is 2.52 bits per heavy atom. The largest absolute Gasteiger partial charge is 0.335 e. The maximum absolute atomic E-state index is 12.3. The lowest BCUT2D eigenvalue weighted by Crippen LogP contribution is -2.50. The van der Waals surface area contributed by atoms with Gasteiger partial charge < -0.3 is 10.6 Å². The van der Waals surface area contributed by atoms with Gasteiger partial charge in [0, 0.05) is 44.5 Å². The molecule has 1 aromatic rings. The molecule has 0 aromatic carbocycles. The van der Waals surface area contributed by atoms with E-state index < -0.39 is 0 Å². The molecule has 140 valence electrons. The van der Waals surface area contributed by atoms with E-state index in [0.717, 1.165) is 50.3 Å². The van der Waals surface area contributed by atoms with Gasteiger partial charge >= 0.3 is 6.03 Å². The first-order valence-corrected chi connectivity index (χ1v) is 9.19. The molecule has 0 spiro atoms. The molecule has 2 rings (SSSR count). The number of rotatable bonds is 6. The van der Waals surface area contributed by atoms with Crippen molar-refractivity contribution in [3.05, 3.63) is 29.1 Å². The summed E-state index contributed by atoms with van der Waals surface area (Å²) in [6.45, 7) is 15.2. The molecule has 2 heterocycles. The normalized spacial score (nSPS) is 17.3. The number of hydrogen-bond donors (Lipinski definition) is 2. The number of carbonyl (C=O) groups excluding carboxylic acids is 1. The number of piperidine rings is 1. The summed E-state index contributed by atoms with van der Waals surface area (Å²) in [5.74, 6) is 0. The second-order valence-corrected chi connectivity index (χ2v) is 7.50. The highest BCUT2D eigenvalue weighted by Gasteiger charge is 2.21. The van der Waals surface area contributed by atoms with Crippen molar-refractivity contribution in [3.63, 3.8) is 0 Å². The van der Waals surface area contributed by atoms with Gasteiger partial charge in [-0.3, -0.25) is 9.58 Å². The van der Waals surface area contributed by atoms with Crippen LogP contribution in [0.4, 0.5) is 4.79 Å². The molecule has 6 heteroatoms. The van der Waals surface area contributed by atoms with Crippen molar-refractivity contribution in [1.82, 2.24) is 25.3 Å². The van der Waals surface area contributed by atoms with Crippen molar-refractivity contribution in [2.24, 2.45) is 7.05 Å². The minimum atomic E-state index is -0.0648. The van der Waals surface area contributed by atoms with Crippen LogP contribution in [-0.2, 0) is 13.5 Å². The number of urea groups is 1. The average Bonchev–Trinajstić information content (AvgIpc) is 2.75. The Labute approximate surface area is 151 Å². The molecule has 0 bridgehead atoms. The molecule has 1 aliphatic heterocycles. The summed E-state index contributed by atoms with van der Waals surface area (Å²) < 4.78 is 1.90. The molecule has 1 saturated heterocycles. The lowest BCUT2D eigenvalue weighted by molar-refractivity contribution is 0.200. The second-order valence-electron chi connectivity index (χ2n) is 7.50. The molecule has 2 N–H and O–H groups in total. The van der Waals surface area contributed by atoms with Gasteiger partial charge in [0.25, 0.3) is 0 Å². The number of aromatic nitrogens is 2.